The maximum absolute atomic E-state index is 11.6. The lowest BCUT2D eigenvalue weighted by Gasteiger charge is -2.30. The standard InChI is InChI=1S/C11H20N2O2.C4H8.C2H6/c1-7(10(12)14)9(11(15)13-2)6-8-4-3-5-8;1-3-4-2;1-2/h7-9H,3-6H2,1-2H3,(H2,12,14)(H,13,15);3H,1,4H2,2H3;1-2H3. The number of hydrogen-bond donors (Lipinski definition) is 2. The van der Waals surface area contributed by atoms with Crippen LogP contribution in [0.4, 0.5) is 0 Å². The molecular formula is C17H34N2O2. The topological polar surface area (TPSA) is 72.2 Å². The molecule has 4 nitrogen and oxygen atoms in total. The van der Waals surface area contributed by atoms with Gasteiger partial charge in [0.15, 0.2) is 0 Å². The fourth-order valence-electron chi connectivity index (χ4n) is 2.01. The lowest BCUT2D eigenvalue weighted by Crippen LogP contribution is -2.39. The van der Waals surface area contributed by atoms with Gasteiger partial charge in [0.2, 0.25) is 11.8 Å². The van der Waals surface area contributed by atoms with Gasteiger partial charge >= 0.3 is 0 Å². The Kier molecular flexibility index (Phi) is 14.3. The lowest BCUT2D eigenvalue weighted by atomic mass is 9.75. The van der Waals surface area contributed by atoms with Crippen molar-refractivity contribution in [2.45, 2.75) is 59.8 Å². The molecule has 2 atom stereocenters. The highest BCUT2D eigenvalue weighted by atomic mass is 16.2. The molecule has 1 aliphatic rings. The lowest BCUT2D eigenvalue weighted by molar-refractivity contribution is -0.133. The van der Waals surface area contributed by atoms with Crippen molar-refractivity contribution in [3.05, 3.63) is 12.7 Å². The van der Waals surface area contributed by atoms with Crippen LogP contribution in [0.5, 0.6) is 0 Å². The fraction of sp³-hybridized carbons (Fsp3) is 0.765. The van der Waals surface area contributed by atoms with Gasteiger partial charge in [0.05, 0.1) is 0 Å². The van der Waals surface area contributed by atoms with E-state index in [-0.39, 0.29) is 23.7 Å². The first-order chi connectivity index (χ1) is 9.97. The van der Waals surface area contributed by atoms with Crippen LogP contribution in [0.15, 0.2) is 12.7 Å². The summed E-state index contributed by atoms with van der Waals surface area (Å²) < 4.78 is 0. The highest BCUT2D eigenvalue weighted by Crippen LogP contribution is 2.34. The normalized spacial score (nSPS) is 15.9. The van der Waals surface area contributed by atoms with Crippen LogP contribution in [0.25, 0.3) is 0 Å². The van der Waals surface area contributed by atoms with Crippen molar-refractivity contribution >= 4 is 11.8 Å². The van der Waals surface area contributed by atoms with Crippen molar-refractivity contribution in [3.63, 3.8) is 0 Å². The zero-order chi connectivity index (χ0) is 16.8. The second-order valence-corrected chi connectivity index (χ2v) is 5.14. The van der Waals surface area contributed by atoms with Gasteiger partial charge in [-0.1, -0.05) is 53.0 Å². The Balaban J connectivity index is 0. The van der Waals surface area contributed by atoms with E-state index in [1.54, 1.807) is 14.0 Å². The molecule has 2 amide bonds. The van der Waals surface area contributed by atoms with Crippen LogP contribution in [-0.4, -0.2) is 18.9 Å². The number of hydrogen-bond acceptors (Lipinski definition) is 2. The molecule has 0 radical (unpaired) electrons. The number of carbonyl (C=O) groups excluding carboxylic acids is 2. The van der Waals surface area contributed by atoms with E-state index in [4.69, 9.17) is 5.73 Å². The molecule has 1 saturated carbocycles. The van der Waals surface area contributed by atoms with Crippen LogP contribution in [-0.2, 0) is 9.59 Å². The summed E-state index contributed by atoms with van der Waals surface area (Å²) in [6, 6.07) is 0. The summed E-state index contributed by atoms with van der Waals surface area (Å²) in [6.07, 6.45) is 7.36. The van der Waals surface area contributed by atoms with Crippen LogP contribution in [0, 0.1) is 17.8 Å². The van der Waals surface area contributed by atoms with Crippen LogP contribution in [0.2, 0.25) is 0 Å². The van der Waals surface area contributed by atoms with Crippen molar-refractivity contribution in [1.82, 2.24) is 5.32 Å². The van der Waals surface area contributed by atoms with E-state index in [0.717, 1.165) is 12.8 Å². The van der Waals surface area contributed by atoms with Crippen LogP contribution >= 0.6 is 0 Å². The number of nitrogens with one attached hydrogen (secondary N) is 1. The Labute approximate surface area is 130 Å². The van der Waals surface area contributed by atoms with Gasteiger partial charge in [-0.15, -0.1) is 6.58 Å². The van der Waals surface area contributed by atoms with Crippen LogP contribution in [0.3, 0.4) is 0 Å². The van der Waals surface area contributed by atoms with Gasteiger partial charge in [0, 0.05) is 18.9 Å². The molecule has 0 aromatic heterocycles. The van der Waals surface area contributed by atoms with Crippen LogP contribution < -0.4 is 11.1 Å². The third kappa shape index (κ3) is 9.27. The minimum atomic E-state index is -0.386. The highest BCUT2D eigenvalue weighted by Gasteiger charge is 2.32. The summed E-state index contributed by atoms with van der Waals surface area (Å²) in [5.74, 6) is -0.464. The molecule has 0 spiro atoms. The molecule has 0 saturated heterocycles. The highest BCUT2D eigenvalue weighted by molar-refractivity contribution is 5.86. The molecule has 21 heavy (non-hydrogen) atoms. The van der Waals surface area contributed by atoms with Crippen molar-refractivity contribution in [2.24, 2.45) is 23.5 Å². The Morgan fingerprint density at radius 1 is 1.38 bits per heavy atom. The van der Waals surface area contributed by atoms with E-state index < -0.39 is 0 Å². The average molecular weight is 298 g/mol. The average Bonchev–Trinajstić information content (AvgIpc) is 2.47. The fourth-order valence-corrected chi connectivity index (χ4v) is 2.01. The SMILES string of the molecule is C=CCC.CC.CNC(=O)C(CC1CCC1)C(C)C(N)=O. The smallest absolute Gasteiger partial charge is 0.223 e. The Morgan fingerprint density at radius 2 is 1.86 bits per heavy atom. The Hall–Kier alpha value is -1.32. The molecule has 0 aromatic carbocycles. The van der Waals surface area contributed by atoms with E-state index in [2.05, 4.69) is 18.8 Å². The second-order valence-electron chi connectivity index (χ2n) is 5.14. The van der Waals surface area contributed by atoms with E-state index in [9.17, 15) is 9.59 Å². The van der Waals surface area contributed by atoms with Gasteiger partial charge in [0.25, 0.3) is 0 Å². The van der Waals surface area contributed by atoms with E-state index >= 15 is 0 Å². The van der Waals surface area contributed by atoms with Gasteiger partial charge in [-0.2, -0.15) is 0 Å². The van der Waals surface area contributed by atoms with Crippen molar-refractivity contribution < 1.29 is 9.59 Å². The van der Waals surface area contributed by atoms with Crippen LogP contribution in [0.1, 0.15) is 59.8 Å². The summed E-state index contributed by atoms with van der Waals surface area (Å²) in [5.41, 5.74) is 5.25. The number of rotatable bonds is 6. The monoisotopic (exact) mass is 298 g/mol. The molecule has 2 unspecified atom stereocenters. The first kappa shape index (κ1) is 22.0. The Morgan fingerprint density at radius 3 is 2.10 bits per heavy atom. The van der Waals surface area contributed by atoms with E-state index in [1.807, 2.05) is 19.9 Å². The molecule has 4 heteroatoms. The first-order valence-corrected chi connectivity index (χ1v) is 8.09. The molecule has 124 valence electrons. The van der Waals surface area contributed by atoms with E-state index in [1.165, 1.54) is 19.3 Å². The first-order valence-electron chi connectivity index (χ1n) is 8.09. The summed E-state index contributed by atoms with van der Waals surface area (Å²) in [4.78, 5) is 22.7. The minimum Gasteiger partial charge on any atom is -0.369 e. The number of amides is 2. The largest absolute Gasteiger partial charge is 0.369 e. The van der Waals surface area contributed by atoms with Gasteiger partial charge in [-0.05, 0) is 18.8 Å². The number of carbonyl (C=O) groups is 2. The van der Waals surface area contributed by atoms with Crippen molar-refractivity contribution in [3.8, 4) is 0 Å². The summed E-state index contributed by atoms with van der Waals surface area (Å²) >= 11 is 0. The van der Waals surface area contributed by atoms with Gasteiger partial charge in [-0.25, -0.2) is 0 Å². The molecule has 1 fully saturated rings. The second kappa shape index (κ2) is 13.7. The van der Waals surface area contributed by atoms with Crippen molar-refractivity contribution in [1.29, 1.82) is 0 Å². The number of primary amides is 1. The van der Waals surface area contributed by atoms with Gasteiger partial charge < -0.3 is 11.1 Å². The minimum absolute atomic E-state index is 0.0619. The predicted octanol–water partition coefficient (Wildman–Crippen LogP) is 3.27. The number of allylic oxidation sites excluding steroid dienone is 1. The predicted molar refractivity (Wildman–Crippen MR) is 89.7 cm³/mol. The van der Waals surface area contributed by atoms with Gasteiger partial charge in [0.1, 0.15) is 0 Å². The van der Waals surface area contributed by atoms with Crippen molar-refractivity contribution in [2.75, 3.05) is 7.05 Å². The summed E-state index contributed by atoms with van der Waals surface area (Å²) in [5, 5.41) is 2.61. The maximum atomic E-state index is 11.6. The zero-order valence-electron chi connectivity index (χ0n) is 14.4. The molecule has 0 aliphatic heterocycles. The molecular weight excluding hydrogens is 264 g/mol. The summed E-state index contributed by atoms with van der Waals surface area (Å²) in [7, 11) is 1.60. The number of nitrogens with two attached hydrogens (primary N) is 1. The third-order valence-corrected chi connectivity index (χ3v) is 3.74. The van der Waals surface area contributed by atoms with E-state index in [0.29, 0.717) is 5.92 Å². The maximum Gasteiger partial charge on any atom is 0.223 e. The molecule has 0 heterocycles. The molecule has 3 N–H and O–H groups in total. The summed E-state index contributed by atoms with van der Waals surface area (Å²) in [6.45, 7) is 11.3. The Bertz CT molecular complexity index is 299. The quantitative estimate of drug-likeness (QED) is 0.739. The molecule has 1 rings (SSSR count). The third-order valence-electron chi connectivity index (χ3n) is 3.74. The zero-order valence-corrected chi connectivity index (χ0v) is 14.4. The molecule has 0 aromatic rings. The van der Waals surface area contributed by atoms with Gasteiger partial charge in [-0.3, -0.25) is 9.59 Å². The molecule has 1 aliphatic carbocycles. The molecule has 0 bridgehead atoms.